The molecule has 16 heavy (non-hydrogen) atoms. The lowest BCUT2D eigenvalue weighted by atomic mass is 10.1. The maximum Gasteiger partial charge on any atom is 0.0852 e. The van der Waals surface area contributed by atoms with Gasteiger partial charge in [0.2, 0.25) is 0 Å². The zero-order chi connectivity index (χ0) is 11.8. The molecule has 1 atom stereocenters. The molecular formula is C12H23N3O. The average molecular weight is 225 g/mol. The van der Waals surface area contributed by atoms with Crippen LogP contribution in [-0.4, -0.2) is 26.2 Å². The predicted molar refractivity (Wildman–Crippen MR) is 64.1 cm³/mol. The Kier molecular flexibility index (Phi) is 6.08. The average Bonchev–Trinajstić information content (AvgIpc) is 2.63. The number of hydrogen-bond acceptors (Lipinski definition) is 3. The van der Waals surface area contributed by atoms with Gasteiger partial charge in [-0.25, -0.2) is 0 Å². The Hall–Kier alpha value is -0.900. The quantitative estimate of drug-likeness (QED) is 0.689. The Morgan fingerprint density at radius 2 is 2.06 bits per heavy atom. The standard InChI is InChI=1S/C12H23N3O/c1-3-4-5-6-7-8-12(16)9-11-10-15(2)14-13-11/h10,12,16H,3-9H2,1-2H3. The molecule has 0 amide bonds. The molecule has 0 radical (unpaired) electrons. The Labute approximate surface area is 97.7 Å². The number of rotatable bonds is 8. The summed E-state index contributed by atoms with van der Waals surface area (Å²) in [5.74, 6) is 0. The fourth-order valence-electron chi connectivity index (χ4n) is 1.82. The van der Waals surface area contributed by atoms with Crippen molar-refractivity contribution in [1.29, 1.82) is 0 Å². The van der Waals surface area contributed by atoms with Gasteiger partial charge in [-0.15, -0.1) is 5.10 Å². The minimum absolute atomic E-state index is 0.265. The van der Waals surface area contributed by atoms with Crippen LogP contribution in [0.1, 0.15) is 51.1 Å². The van der Waals surface area contributed by atoms with Crippen molar-refractivity contribution in [1.82, 2.24) is 15.0 Å². The summed E-state index contributed by atoms with van der Waals surface area (Å²) in [5.41, 5.74) is 0.878. The summed E-state index contributed by atoms with van der Waals surface area (Å²) < 4.78 is 1.67. The van der Waals surface area contributed by atoms with Crippen molar-refractivity contribution in [3.8, 4) is 0 Å². The van der Waals surface area contributed by atoms with E-state index in [-0.39, 0.29) is 6.10 Å². The highest BCUT2D eigenvalue weighted by Crippen LogP contribution is 2.09. The number of hydrogen-bond donors (Lipinski definition) is 1. The number of aryl methyl sites for hydroxylation is 1. The maximum atomic E-state index is 9.79. The van der Waals surface area contributed by atoms with Crippen molar-refractivity contribution in [2.45, 2.75) is 58.0 Å². The van der Waals surface area contributed by atoms with Crippen LogP contribution in [0.3, 0.4) is 0 Å². The largest absolute Gasteiger partial charge is 0.393 e. The Morgan fingerprint density at radius 1 is 1.31 bits per heavy atom. The summed E-state index contributed by atoms with van der Waals surface area (Å²) in [6.07, 6.45) is 9.30. The first-order valence-electron chi connectivity index (χ1n) is 6.25. The van der Waals surface area contributed by atoms with Gasteiger partial charge in [0, 0.05) is 19.7 Å². The van der Waals surface area contributed by atoms with Gasteiger partial charge in [-0.1, -0.05) is 44.2 Å². The van der Waals surface area contributed by atoms with Gasteiger partial charge in [-0.3, -0.25) is 4.68 Å². The van der Waals surface area contributed by atoms with Gasteiger partial charge in [0.05, 0.1) is 11.8 Å². The molecule has 0 fully saturated rings. The molecule has 0 aliphatic heterocycles. The minimum atomic E-state index is -0.265. The highest BCUT2D eigenvalue weighted by atomic mass is 16.3. The van der Waals surface area contributed by atoms with E-state index in [0.717, 1.165) is 18.5 Å². The third-order valence-electron chi connectivity index (χ3n) is 2.74. The van der Waals surface area contributed by atoms with Crippen molar-refractivity contribution in [3.05, 3.63) is 11.9 Å². The molecule has 0 spiro atoms. The molecular weight excluding hydrogens is 202 g/mol. The Bertz CT molecular complexity index is 286. The SMILES string of the molecule is CCCCCCCC(O)Cc1cn(C)nn1. The zero-order valence-electron chi connectivity index (χ0n) is 10.4. The smallest absolute Gasteiger partial charge is 0.0852 e. The van der Waals surface area contributed by atoms with Crippen molar-refractivity contribution in [2.75, 3.05) is 0 Å². The van der Waals surface area contributed by atoms with E-state index in [9.17, 15) is 5.11 Å². The number of unbranched alkanes of at least 4 members (excludes halogenated alkanes) is 4. The zero-order valence-corrected chi connectivity index (χ0v) is 10.4. The van der Waals surface area contributed by atoms with Crippen LogP contribution >= 0.6 is 0 Å². The maximum absolute atomic E-state index is 9.79. The van der Waals surface area contributed by atoms with Crippen LogP contribution in [0.25, 0.3) is 0 Å². The summed E-state index contributed by atoms with van der Waals surface area (Å²) in [4.78, 5) is 0. The van der Waals surface area contributed by atoms with Crippen LogP contribution in [0.5, 0.6) is 0 Å². The molecule has 1 aromatic rings. The van der Waals surface area contributed by atoms with Gasteiger partial charge in [0.25, 0.3) is 0 Å². The van der Waals surface area contributed by atoms with Crippen molar-refractivity contribution >= 4 is 0 Å². The lowest BCUT2D eigenvalue weighted by molar-refractivity contribution is 0.159. The van der Waals surface area contributed by atoms with Crippen LogP contribution in [0.15, 0.2) is 6.20 Å². The van der Waals surface area contributed by atoms with Gasteiger partial charge in [0.15, 0.2) is 0 Å². The number of nitrogens with zero attached hydrogens (tertiary/aromatic N) is 3. The fourth-order valence-corrected chi connectivity index (χ4v) is 1.82. The predicted octanol–water partition coefficient (Wildman–Crippen LogP) is 2.08. The van der Waals surface area contributed by atoms with Crippen molar-refractivity contribution < 1.29 is 5.11 Å². The molecule has 1 unspecified atom stereocenters. The minimum Gasteiger partial charge on any atom is -0.393 e. The highest BCUT2D eigenvalue weighted by Gasteiger charge is 2.07. The van der Waals surface area contributed by atoms with Crippen LogP contribution in [0, 0.1) is 0 Å². The fraction of sp³-hybridized carbons (Fsp3) is 0.833. The Balaban J connectivity index is 2.09. The van der Waals surface area contributed by atoms with E-state index in [4.69, 9.17) is 0 Å². The van der Waals surface area contributed by atoms with E-state index in [1.165, 1.54) is 25.7 Å². The molecule has 1 N–H and O–H groups in total. The normalized spacial score (nSPS) is 12.9. The lowest BCUT2D eigenvalue weighted by Crippen LogP contribution is -2.10. The molecule has 0 aliphatic carbocycles. The van der Waals surface area contributed by atoms with Crippen molar-refractivity contribution in [2.24, 2.45) is 7.05 Å². The van der Waals surface area contributed by atoms with E-state index in [1.54, 1.807) is 4.68 Å². The van der Waals surface area contributed by atoms with Gasteiger partial charge in [-0.05, 0) is 6.42 Å². The van der Waals surface area contributed by atoms with Gasteiger partial charge in [-0.2, -0.15) is 0 Å². The third-order valence-corrected chi connectivity index (χ3v) is 2.74. The molecule has 0 saturated carbocycles. The van der Waals surface area contributed by atoms with Crippen LogP contribution in [-0.2, 0) is 13.5 Å². The van der Waals surface area contributed by atoms with Crippen LogP contribution < -0.4 is 0 Å². The molecule has 4 nitrogen and oxygen atoms in total. The Morgan fingerprint density at radius 3 is 2.69 bits per heavy atom. The van der Waals surface area contributed by atoms with E-state index in [0.29, 0.717) is 6.42 Å². The summed E-state index contributed by atoms with van der Waals surface area (Å²) in [6.45, 7) is 2.21. The van der Waals surface area contributed by atoms with E-state index in [1.807, 2.05) is 13.2 Å². The van der Waals surface area contributed by atoms with Gasteiger partial charge < -0.3 is 5.11 Å². The molecule has 1 rings (SSSR count). The highest BCUT2D eigenvalue weighted by molar-refractivity contribution is 4.93. The van der Waals surface area contributed by atoms with E-state index >= 15 is 0 Å². The molecule has 0 bridgehead atoms. The van der Waals surface area contributed by atoms with Crippen LogP contribution in [0.2, 0.25) is 0 Å². The molecule has 0 aliphatic rings. The first-order chi connectivity index (χ1) is 7.72. The second kappa shape index (κ2) is 7.39. The topological polar surface area (TPSA) is 50.9 Å². The first kappa shape index (κ1) is 13.2. The first-order valence-corrected chi connectivity index (χ1v) is 6.25. The molecule has 1 heterocycles. The molecule has 0 aromatic carbocycles. The molecule has 0 saturated heterocycles. The van der Waals surface area contributed by atoms with Crippen LogP contribution in [0.4, 0.5) is 0 Å². The lowest BCUT2D eigenvalue weighted by Gasteiger charge is -2.07. The van der Waals surface area contributed by atoms with Gasteiger partial charge in [0.1, 0.15) is 0 Å². The summed E-state index contributed by atoms with van der Waals surface area (Å²) in [5, 5.41) is 17.6. The summed E-state index contributed by atoms with van der Waals surface area (Å²) in [7, 11) is 1.84. The molecule has 92 valence electrons. The second-order valence-electron chi connectivity index (χ2n) is 4.44. The molecule has 1 aromatic heterocycles. The van der Waals surface area contributed by atoms with E-state index in [2.05, 4.69) is 17.2 Å². The second-order valence-corrected chi connectivity index (χ2v) is 4.44. The monoisotopic (exact) mass is 225 g/mol. The molecule has 4 heteroatoms. The van der Waals surface area contributed by atoms with Gasteiger partial charge >= 0.3 is 0 Å². The number of aliphatic hydroxyl groups excluding tert-OH is 1. The number of aliphatic hydroxyl groups is 1. The summed E-state index contributed by atoms with van der Waals surface area (Å²) in [6, 6.07) is 0. The van der Waals surface area contributed by atoms with Crippen molar-refractivity contribution in [3.63, 3.8) is 0 Å². The summed E-state index contributed by atoms with van der Waals surface area (Å²) >= 11 is 0. The third kappa shape index (κ3) is 5.26. The van der Waals surface area contributed by atoms with E-state index < -0.39 is 0 Å². The number of aromatic nitrogens is 3.